The highest BCUT2D eigenvalue weighted by molar-refractivity contribution is 14.1. The van der Waals surface area contributed by atoms with Crippen LogP contribution < -0.4 is 5.32 Å². The highest BCUT2D eigenvalue weighted by Crippen LogP contribution is 2.25. The van der Waals surface area contributed by atoms with Crippen molar-refractivity contribution in [3.8, 4) is 11.4 Å². The van der Waals surface area contributed by atoms with Crippen LogP contribution in [0.1, 0.15) is 19.5 Å². The van der Waals surface area contributed by atoms with Crippen molar-refractivity contribution >= 4 is 28.4 Å². The van der Waals surface area contributed by atoms with Gasteiger partial charge in [-0.05, 0) is 59.2 Å². The Morgan fingerprint density at radius 2 is 1.85 bits per heavy atom. The molecule has 0 aliphatic heterocycles. The van der Waals surface area contributed by atoms with Gasteiger partial charge in [-0.1, -0.05) is 13.8 Å². The Morgan fingerprint density at radius 3 is 2.40 bits per heavy atom. The van der Waals surface area contributed by atoms with Crippen LogP contribution in [0.15, 0.2) is 24.3 Å². The lowest BCUT2D eigenvalue weighted by atomic mass is 10.1. The lowest BCUT2D eigenvalue weighted by Gasteiger charge is -2.12. The summed E-state index contributed by atoms with van der Waals surface area (Å²) in [7, 11) is 1.85. The van der Waals surface area contributed by atoms with Crippen molar-refractivity contribution in [2.45, 2.75) is 20.3 Å². The molecule has 2 aromatic rings. The molecule has 0 aliphatic carbocycles. The van der Waals surface area contributed by atoms with Gasteiger partial charge in [-0.25, -0.2) is 14.4 Å². The zero-order valence-corrected chi connectivity index (χ0v) is 13.9. The van der Waals surface area contributed by atoms with Crippen LogP contribution in [-0.4, -0.2) is 17.0 Å². The molecule has 3 nitrogen and oxygen atoms in total. The number of benzene rings is 1. The molecule has 0 aliphatic rings. The van der Waals surface area contributed by atoms with E-state index in [0.717, 1.165) is 27.1 Å². The number of halogens is 2. The van der Waals surface area contributed by atoms with Crippen molar-refractivity contribution in [2.24, 2.45) is 5.92 Å². The molecule has 0 unspecified atom stereocenters. The first-order valence-electron chi connectivity index (χ1n) is 6.51. The van der Waals surface area contributed by atoms with Crippen LogP contribution >= 0.6 is 22.6 Å². The molecule has 1 aromatic heterocycles. The lowest BCUT2D eigenvalue weighted by Crippen LogP contribution is -2.07. The van der Waals surface area contributed by atoms with E-state index in [-0.39, 0.29) is 5.82 Å². The molecule has 106 valence electrons. The van der Waals surface area contributed by atoms with Crippen LogP contribution in [0.4, 0.5) is 10.2 Å². The summed E-state index contributed by atoms with van der Waals surface area (Å²) >= 11 is 2.27. The highest BCUT2D eigenvalue weighted by atomic mass is 127. The summed E-state index contributed by atoms with van der Waals surface area (Å²) in [6.07, 6.45) is 0.893. The smallest absolute Gasteiger partial charge is 0.161 e. The molecular formula is C15H17FIN3. The molecule has 0 fully saturated rings. The Hall–Kier alpha value is -1.24. The van der Waals surface area contributed by atoms with Gasteiger partial charge < -0.3 is 5.32 Å². The van der Waals surface area contributed by atoms with Crippen molar-refractivity contribution in [2.75, 3.05) is 12.4 Å². The third-order valence-electron chi connectivity index (χ3n) is 2.86. The standard InChI is InChI=1S/C15H17FIN3/c1-9(2)8-12-13(17)15(18-3)20-14(19-12)10-4-6-11(16)7-5-10/h4-7,9H,8H2,1-3H3,(H,18,19,20). The molecule has 0 bridgehead atoms. The van der Waals surface area contributed by atoms with Gasteiger partial charge >= 0.3 is 0 Å². The van der Waals surface area contributed by atoms with E-state index in [4.69, 9.17) is 0 Å². The number of aromatic nitrogens is 2. The Bertz CT molecular complexity index is 597. The van der Waals surface area contributed by atoms with Gasteiger partial charge in [0.2, 0.25) is 0 Å². The predicted octanol–water partition coefficient (Wildman–Crippen LogP) is 4.13. The van der Waals surface area contributed by atoms with Crippen LogP contribution in [0.25, 0.3) is 11.4 Å². The van der Waals surface area contributed by atoms with Crippen molar-refractivity contribution < 1.29 is 4.39 Å². The van der Waals surface area contributed by atoms with Gasteiger partial charge in [-0.2, -0.15) is 0 Å². The molecule has 0 atom stereocenters. The van der Waals surface area contributed by atoms with Gasteiger partial charge in [0.1, 0.15) is 11.6 Å². The van der Waals surface area contributed by atoms with Crippen molar-refractivity contribution in [1.29, 1.82) is 0 Å². The summed E-state index contributed by atoms with van der Waals surface area (Å²) in [4.78, 5) is 9.15. The molecule has 0 saturated heterocycles. The summed E-state index contributed by atoms with van der Waals surface area (Å²) in [6, 6.07) is 6.27. The maximum Gasteiger partial charge on any atom is 0.161 e. The summed E-state index contributed by atoms with van der Waals surface area (Å²) in [6.45, 7) is 4.32. The second-order valence-corrected chi connectivity index (χ2v) is 6.09. The van der Waals surface area contributed by atoms with Crippen LogP contribution in [-0.2, 0) is 6.42 Å². The van der Waals surface area contributed by atoms with Gasteiger partial charge in [-0.15, -0.1) is 0 Å². The molecule has 1 N–H and O–H groups in total. The third-order valence-corrected chi connectivity index (χ3v) is 3.99. The van der Waals surface area contributed by atoms with Crippen LogP contribution in [0.2, 0.25) is 0 Å². The third kappa shape index (κ3) is 3.45. The van der Waals surface area contributed by atoms with Crippen LogP contribution in [0, 0.1) is 15.3 Å². The van der Waals surface area contributed by atoms with E-state index in [2.05, 4.69) is 51.7 Å². The second kappa shape index (κ2) is 6.47. The molecule has 0 amide bonds. The van der Waals surface area contributed by atoms with E-state index in [1.807, 2.05) is 7.05 Å². The molecule has 0 radical (unpaired) electrons. The Balaban J connectivity index is 2.50. The zero-order chi connectivity index (χ0) is 14.7. The first kappa shape index (κ1) is 15.2. The van der Waals surface area contributed by atoms with E-state index < -0.39 is 0 Å². The van der Waals surface area contributed by atoms with Gasteiger partial charge in [0.25, 0.3) is 0 Å². The molecule has 2 rings (SSSR count). The number of rotatable bonds is 4. The minimum atomic E-state index is -0.254. The van der Waals surface area contributed by atoms with E-state index in [0.29, 0.717) is 11.7 Å². The quantitative estimate of drug-likeness (QED) is 0.805. The van der Waals surface area contributed by atoms with E-state index in [9.17, 15) is 4.39 Å². The Labute approximate surface area is 132 Å². The lowest BCUT2D eigenvalue weighted by molar-refractivity contribution is 0.628. The molecule has 1 heterocycles. The summed E-state index contributed by atoms with van der Waals surface area (Å²) < 4.78 is 14.1. The summed E-state index contributed by atoms with van der Waals surface area (Å²) in [5.41, 5.74) is 1.85. The number of nitrogens with zero attached hydrogens (tertiary/aromatic N) is 2. The van der Waals surface area contributed by atoms with Crippen LogP contribution in [0.5, 0.6) is 0 Å². The fourth-order valence-electron chi connectivity index (χ4n) is 1.91. The highest BCUT2D eigenvalue weighted by Gasteiger charge is 2.13. The average Bonchev–Trinajstić information content (AvgIpc) is 2.41. The van der Waals surface area contributed by atoms with Gasteiger partial charge in [0, 0.05) is 12.6 Å². The van der Waals surface area contributed by atoms with E-state index in [1.54, 1.807) is 12.1 Å². The van der Waals surface area contributed by atoms with E-state index in [1.165, 1.54) is 12.1 Å². The predicted molar refractivity (Wildman–Crippen MR) is 88.2 cm³/mol. The molecule has 1 aromatic carbocycles. The zero-order valence-electron chi connectivity index (χ0n) is 11.7. The fourth-order valence-corrected chi connectivity index (χ4v) is 2.64. The topological polar surface area (TPSA) is 37.8 Å². The van der Waals surface area contributed by atoms with Gasteiger partial charge in [-0.3, -0.25) is 0 Å². The number of hydrogen-bond acceptors (Lipinski definition) is 3. The minimum Gasteiger partial charge on any atom is -0.372 e. The van der Waals surface area contributed by atoms with Gasteiger partial charge in [0.15, 0.2) is 5.82 Å². The maximum atomic E-state index is 13.0. The number of anilines is 1. The number of nitrogens with one attached hydrogen (secondary N) is 1. The largest absolute Gasteiger partial charge is 0.372 e. The molecule has 5 heteroatoms. The summed E-state index contributed by atoms with van der Waals surface area (Å²) in [5.74, 6) is 1.71. The second-order valence-electron chi connectivity index (χ2n) is 5.01. The normalized spacial score (nSPS) is 10.9. The van der Waals surface area contributed by atoms with Crippen molar-refractivity contribution in [3.05, 3.63) is 39.3 Å². The Morgan fingerprint density at radius 1 is 1.20 bits per heavy atom. The first-order valence-corrected chi connectivity index (χ1v) is 7.59. The molecule has 0 spiro atoms. The van der Waals surface area contributed by atoms with Crippen molar-refractivity contribution in [1.82, 2.24) is 9.97 Å². The summed E-state index contributed by atoms with van der Waals surface area (Å²) in [5, 5.41) is 3.10. The minimum absolute atomic E-state index is 0.254. The fraction of sp³-hybridized carbons (Fsp3) is 0.333. The average molecular weight is 385 g/mol. The SMILES string of the molecule is CNc1nc(-c2ccc(F)cc2)nc(CC(C)C)c1I. The van der Waals surface area contributed by atoms with Gasteiger partial charge in [0.05, 0.1) is 9.26 Å². The first-order chi connectivity index (χ1) is 9.51. The van der Waals surface area contributed by atoms with E-state index >= 15 is 0 Å². The van der Waals surface area contributed by atoms with Crippen molar-refractivity contribution in [3.63, 3.8) is 0 Å². The Kier molecular flexibility index (Phi) is 4.91. The molecule has 0 saturated carbocycles. The molecule has 20 heavy (non-hydrogen) atoms. The number of hydrogen-bond donors (Lipinski definition) is 1. The molecular weight excluding hydrogens is 368 g/mol. The monoisotopic (exact) mass is 385 g/mol. The maximum absolute atomic E-state index is 13.0. The van der Waals surface area contributed by atoms with Crippen LogP contribution in [0.3, 0.4) is 0 Å².